The van der Waals surface area contributed by atoms with E-state index >= 15 is 0 Å². The summed E-state index contributed by atoms with van der Waals surface area (Å²) in [6.07, 6.45) is 10.2. The maximum atomic E-state index is 10.4. The predicted molar refractivity (Wildman–Crippen MR) is 70.3 cm³/mol. The van der Waals surface area contributed by atoms with Crippen LogP contribution in [0.2, 0.25) is 0 Å². The maximum absolute atomic E-state index is 10.4. The first kappa shape index (κ1) is 13.6. The third kappa shape index (κ3) is 3.33. The Kier molecular flexibility index (Phi) is 4.78. The highest BCUT2D eigenvalue weighted by Gasteiger charge is 2.29. The highest BCUT2D eigenvalue weighted by atomic mass is 16.5. The zero-order chi connectivity index (χ0) is 13.0. The van der Waals surface area contributed by atoms with Crippen molar-refractivity contribution >= 4 is 0 Å². The standard InChI is InChI=1S/C14H24N2O2/c1-16-10-11(9-15-16)8-13(17)14(18-2)12-6-4-3-5-7-12/h9-10,12-14,17H,3-8H2,1-2H3. The van der Waals surface area contributed by atoms with E-state index in [1.165, 1.54) is 32.1 Å². The van der Waals surface area contributed by atoms with E-state index in [1.54, 1.807) is 11.8 Å². The Morgan fingerprint density at radius 1 is 1.44 bits per heavy atom. The molecule has 4 heteroatoms. The lowest BCUT2D eigenvalue weighted by Gasteiger charge is -2.32. The fourth-order valence-electron chi connectivity index (χ4n) is 3.06. The average Bonchev–Trinajstić information content (AvgIpc) is 2.77. The minimum atomic E-state index is -0.428. The zero-order valence-electron chi connectivity index (χ0n) is 11.4. The van der Waals surface area contributed by atoms with Crippen molar-refractivity contribution in [3.63, 3.8) is 0 Å². The van der Waals surface area contributed by atoms with Crippen LogP contribution >= 0.6 is 0 Å². The summed E-state index contributed by atoms with van der Waals surface area (Å²) >= 11 is 0. The second kappa shape index (κ2) is 6.34. The molecule has 1 aliphatic carbocycles. The molecule has 0 aliphatic heterocycles. The average molecular weight is 252 g/mol. The van der Waals surface area contributed by atoms with Crippen LogP contribution in [-0.4, -0.2) is 34.2 Å². The predicted octanol–water partition coefficient (Wildman–Crippen LogP) is 1.92. The van der Waals surface area contributed by atoms with Crippen molar-refractivity contribution in [2.24, 2.45) is 13.0 Å². The summed E-state index contributed by atoms with van der Waals surface area (Å²) in [6, 6.07) is 0. The molecule has 0 spiro atoms. The van der Waals surface area contributed by atoms with Crippen LogP contribution in [-0.2, 0) is 18.2 Å². The van der Waals surface area contributed by atoms with Crippen molar-refractivity contribution in [3.05, 3.63) is 18.0 Å². The molecule has 0 aromatic carbocycles. The largest absolute Gasteiger partial charge is 0.390 e. The molecule has 1 N–H and O–H groups in total. The van der Waals surface area contributed by atoms with Gasteiger partial charge in [0.1, 0.15) is 0 Å². The van der Waals surface area contributed by atoms with Gasteiger partial charge in [0.25, 0.3) is 0 Å². The van der Waals surface area contributed by atoms with Gasteiger partial charge in [-0.05, 0) is 24.3 Å². The minimum Gasteiger partial charge on any atom is -0.390 e. The zero-order valence-corrected chi connectivity index (χ0v) is 11.4. The summed E-state index contributed by atoms with van der Waals surface area (Å²) in [4.78, 5) is 0. The van der Waals surface area contributed by atoms with Crippen molar-refractivity contribution < 1.29 is 9.84 Å². The molecule has 2 rings (SSSR count). The molecule has 0 saturated heterocycles. The van der Waals surface area contributed by atoms with E-state index < -0.39 is 6.10 Å². The normalized spacial score (nSPS) is 20.8. The second-order valence-corrected chi connectivity index (χ2v) is 5.39. The topological polar surface area (TPSA) is 47.3 Å². The number of rotatable bonds is 5. The van der Waals surface area contributed by atoms with E-state index in [2.05, 4.69) is 5.10 Å². The third-order valence-corrected chi connectivity index (χ3v) is 3.97. The number of methoxy groups -OCH3 is 1. The van der Waals surface area contributed by atoms with Gasteiger partial charge in [-0.2, -0.15) is 5.10 Å². The van der Waals surface area contributed by atoms with Gasteiger partial charge in [0.05, 0.1) is 18.4 Å². The Morgan fingerprint density at radius 3 is 2.72 bits per heavy atom. The van der Waals surface area contributed by atoms with E-state index in [9.17, 15) is 5.11 Å². The SMILES string of the molecule is COC(C(O)Cc1cnn(C)c1)C1CCCCC1. The van der Waals surface area contributed by atoms with Crippen LogP contribution in [0.1, 0.15) is 37.7 Å². The Balaban J connectivity index is 1.93. The molecule has 1 aromatic heterocycles. The van der Waals surface area contributed by atoms with Gasteiger partial charge >= 0.3 is 0 Å². The van der Waals surface area contributed by atoms with E-state index in [4.69, 9.17) is 4.74 Å². The minimum absolute atomic E-state index is 0.0366. The number of nitrogens with zero attached hydrogens (tertiary/aromatic N) is 2. The molecular weight excluding hydrogens is 228 g/mol. The van der Waals surface area contributed by atoms with Gasteiger partial charge < -0.3 is 9.84 Å². The molecule has 1 heterocycles. The van der Waals surface area contributed by atoms with Crippen molar-refractivity contribution in [2.45, 2.75) is 50.7 Å². The molecule has 1 saturated carbocycles. The summed E-state index contributed by atoms with van der Waals surface area (Å²) in [7, 11) is 3.61. The van der Waals surface area contributed by atoms with Crippen LogP contribution in [0.25, 0.3) is 0 Å². The monoisotopic (exact) mass is 252 g/mol. The molecule has 2 unspecified atom stereocenters. The molecule has 2 atom stereocenters. The van der Waals surface area contributed by atoms with Crippen LogP contribution in [0, 0.1) is 5.92 Å². The summed E-state index contributed by atoms with van der Waals surface area (Å²) in [5.74, 6) is 0.510. The molecule has 1 fully saturated rings. The van der Waals surface area contributed by atoms with Gasteiger partial charge in [-0.3, -0.25) is 4.68 Å². The molecule has 102 valence electrons. The van der Waals surface area contributed by atoms with Crippen molar-refractivity contribution in [1.29, 1.82) is 0 Å². The van der Waals surface area contributed by atoms with E-state index in [1.807, 2.05) is 19.4 Å². The summed E-state index contributed by atoms with van der Waals surface area (Å²) in [6.45, 7) is 0. The fourth-order valence-corrected chi connectivity index (χ4v) is 3.06. The van der Waals surface area contributed by atoms with Crippen LogP contribution in [0.15, 0.2) is 12.4 Å². The number of ether oxygens (including phenoxy) is 1. The number of aryl methyl sites for hydroxylation is 1. The van der Waals surface area contributed by atoms with Gasteiger partial charge in [0.15, 0.2) is 0 Å². The first-order valence-corrected chi connectivity index (χ1v) is 6.89. The van der Waals surface area contributed by atoms with Crippen LogP contribution in [0.5, 0.6) is 0 Å². The highest BCUT2D eigenvalue weighted by Crippen LogP contribution is 2.30. The van der Waals surface area contributed by atoms with Gasteiger partial charge in [0, 0.05) is 26.8 Å². The fraction of sp³-hybridized carbons (Fsp3) is 0.786. The van der Waals surface area contributed by atoms with Gasteiger partial charge in [0.2, 0.25) is 0 Å². The maximum Gasteiger partial charge on any atom is 0.0861 e. The number of hydrogen-bond donors (Lipinski definition) is 1. The van der Waals surface area contributed by atoms with Crippen molar-refractivity contribution in [3.8, 4) is 0 Å². The molecule has 0 bridgehead atoms. The van der Waals surface area contributed by atoms with E-state index in [-0.39, 0.29) is 6.10 Å². The van der Waals surface area contributed by atoms with Gasteiger partial charge in [-0.25, -0.2) is 0 Å². The lowest BCUT2D eigenvalue weighted by molar-refractivity contribution is -0.0535. The smallest absolute Gasteiger partial charge is 0.0861 e. The molecule has 1 aromatic rings. The Morgan fingerprint density at radius 2 is 2.17 bits per heavy atom. The third-order valence-electron chi connectivity index (χ3n) is 3.97. The van der Waals surface area contributed by atoms with Crippen LogP contribution < -0.4 is 0 Å². The molecule has 18 heavy (non-hydrogen) atoms. The first-order valence-electron chi connectivity index (χ1n) is 6.89. The molecule has 0 amide bonds. The number of aromatic nitrogens is 2. The highest BCUT2D eigenvalue weighted by molar-refractivity contribution is 5.06. The molecule has 4 nitrogen and oxygen atoms in total. The van der Waals surface area contributed by atoms with Crippen LogP contribution in [0.3, 0.4) is 0 Å². The van der Waals surface area contributed by atoms with Gasteiger partial charge in [-0.1, -0.05) is 19.3 Å². The Bertz CT molecular complexity index is 358. The second-order valence-electron chi connectivity index (χ2n) is 5.39. The number of aliphatic hydroxyl groups excluding tert-OH is 1. The lowest BCUT2D eigenvalue weighted by Crippen LogP contribution is -2.37. The lowest BCUT2D eigenvalue weighted by atomic mass is 9.82. The summed E-state index contributed by atoms with van der Waals surface area (Å²) in [5.41, 5.74) is 1.07. The molecular formula is C14H24N2O2. The summed E-state index contributed by atoms with van der Waals surface area (Å²) < 4.78 is 7.32. The summed E-state index contributed by atoms with van der Waals surface area (Å²) in [5, 5.41) is 14.5. The van der Waals surface area contributed by atoms with Crippen molar-refractivity contribution in [1.82, 2.24) is 9.78 Å². The van der Waals surface area contributed by atoms with Crippen LogP contribution in [0.4, 0.5) is 0 Å². The Labute approximate surface area is 109 Å². The van der Waals surface area contributed by atoms with Gasteiger partial charge in [-0.15, -0.1) is 0 Å². The van der Waals surface area contributed by atoms with E-state index in [0.29, 0.717) is 12.3 Å². The van der Waals surface area contributed by atoms with Crippen molar-refractivity contribution in [2.75, 3.05) is 7.11 Å². The molecule has 0 radical (unpaired) electrons. The molecule has 1 aliphatic rings. The number of aliphatic hydroxyl groups is 1. The quantitative estimate of drug-likeness (QED) is 0.871. The van der Waals surface area contributed by atoms with E-state index in [0.717, 1.165) is 5.56 Å². The Hall–Kier alpha value is -0.870. The first-order chi connectivity index (χ1) is 8.70. The number of hydrogen-bond acceptors (Lipinski definition) is 3.